The van der Waals surface area contributed by atoms with Crippen LogP contribution < -0.4 is 18.9 Å². The maximum Gasteiger partial charge on any atom is 0.336 e. The Morgan fingerprint density at radius 1 is 0.972 bits per heavy atom. The first-order valence-corrected chi connectivity index (χ1v) is 11.7. The van der Waals surface area contributed by atoms with Crippen LogP contribution in [-0.2, 0) is 16.6 Å². The molecule has 36 heavy (non-hydrogen) atoms. The predicted octanol–water partition coefficient (Wildman–Crippen LogP) is 4.50. The van der Waals surface area contributed by atoms with Crippen molar-refractivity contribution in [3.63, 3.8) is 0 Å². The standard InChI is InChI=1S/C28H26O8/c1-3-10-34-19-6-7-21-16(11-19)12-23(27(31)32)28(21,17-4-9-24-25(13-17)36-15-35-24)22-8-5-18(33-2)14-20(22)26(29)30/h4-9,11,13-14,23H,3,10,12,15H2,1-2H3,(H,29,30)(H,31,32). The van der Waals surface area contributed by atoms with E-state index in [9.17, 15) is 19.8 Å². The molecule has 2 N–H and O–H groups in total. The summed E-state index contributed by atoms with van der Waals surface area (Å²) in [6, 6.07) is 15.5. The van der Waals surface area contributed by atoms with E-state index in [-0.39, 0.29) is 18.8 Å². The summed E-state index contributed by atoms with van der Waals surface area (Å²) in [5.41, 5.74) is 1.13. The Bertz CT molecular complexity index is 1350. The quantitative estimate of drug-likeness (QED) is 0.475. The SMILES string of the molecule is CCCOc1ccc2c(c1)CC(C(=O)O)C2(c1ccc2c(c1)OCO2)c1ccc(OC)cc1C(=O)O. The van der Waals surface area contributed by atoms with E-state index in [4.69, 9.17) is 18.9 Å². The molecule has 0 fully saturated rings. The van der Waals surface area contributed by atoms with Crippen molar-refractivity contribution in [3.8, 4) is 23.0 Å². The van der Waals surface area contributed by atoms with E-state index in [0.717, 1.165) is 12.0 Å². The summed E-state index contributed by atoms with van der Waals surface area (Å²) in [6.07, 6.45) is 1.04. The van der Waals surface area contributed by atoms with Crippen molar-refractivity contribution in [1.82, 2.24) is 0 Å². The largest absolute Gasteiger partial charge is 0.497 e. The molecule has 0 bridgehead atoms. The van der Waals surface area contributed by atoms with Gasteiger partial charge in [0.25, 0.3) is 0 Å². The fourth-order valence-electron chi connectivity index (χ4n) is 5.42. The summed E-state index contributed by atoms with van der Waals surface area (Å²) in [5.74, 6) is -1.15. The molecular formula is C28H26O8. The Labute approximate surface area is 208 Å². The molecule has 1 aliphatic carbocycles. The van der Waals surface area contributed by atoms with Crippen LogP contribution in [0, 0.1) is 5.92 Å². The number of hydrogen-bond donors (Lipinski definition) is 2. The highest BCUT2D eigenvalue weighted by atomic mass is 16.7. The fourth-order valence-corrected chi connectivity index (χ4v) is 5.42. The molecular weight excluding hydrogens is 464 g/mol. The molecule has 5 rings (SSSR count). The van der Waals surface area contributed by atoms with Gasteiger partial charge >= 0.3 is 11.9 Å². The van der Waals surface area contributed by atoms with Gasteiger partial charge in [-0.05, 0) is 71.5 Å². The third-order valence-electron chi connectivity index (χ3n) is 6.93. The van der Waals surface area contributed by atoms with Crippen molar-refractivity contribution in [3.05, 3.63) is 82.4 Å². The summed E-state index contributed by atoms with van der Waals surface area (Å²) in [6.45, 7) is 2.61. The van der Waals surface area contributed by atoms with Gasteiger partial charge in [0, 0.05) is 0 Å². The lowest BCUT2D eigenvalue weighted by atomic mass is 9.63. The summed E-state index contributed by atoms with van der Waals surface area (Å²) < 4.78 is 22.2. The number of methoxy groups -OCH3 is 1. The van der Waals surface area contributed by atoms with E-state index >= 15 is 0 Å². The molecule has 1 heterocycles. The summed E-state index contributed by atoms with van der Waals surface area (Å²) in [7, 11) is 1.46. The van der Waals surface area contributed by atoms with E-state index in [1.165, 1.54) is 13.2 Å². The molecule has 2 atom stereocenters. The number of fused-ring (bicyclic) bond motifs is 2. The first-order valence-electron chi connectivity index (χ1n) is 11.7. The fraction of sp³-hybridized carbons (Fsp3) is 0.286. The van der Waals surface area contributed by atoms with Crippen LogP contribution in [-0.4, -0.2) is 42.7 Å². The second-order valence-corrected chi connectivity index (χ2v) is 8.86. The molecule has 3 aromatic rings. The van der Waals surface area contributed by atoms with Gasteiger partial charge < -0.3 is 29.2 Å². The Hall–Kier alpha value is -4.20. The first-order chi connectivity index (χ1) is 17.4. The van der Waals surface area contributed by atoms with Gasteiger partial charge in [0.15, 0.2) is 11.5 Å². The number of ether oxygens (including phenoxy) is 4. The van der Waals surface area contributed by atoms with E-state index in [1.54, 1.807) is 30.3 Å². The highest BCUT2D eigenvalue weighted by molar-refractivity contribution is 5.92. The summed E-state index contributed by atoms with van der Waals surface area (Å²) in [5, 5.41) is 20.7. The Balaban J connectivity index is 1.84. The number of hydrogen-bond acceptors (Lipinski definition) is 6. The number of aliphatic carboxylic acids is 1. The van der Waals surface area contributed by atoms with Crippen LogP contribution in [0.25, 0.3) is 0 Å². The van der Waals surface area contributed by atoms with Crippen molar-refractivity contribution >= 4 is 11.9 Å². The van der Waals surface area contributed by atoms with Gasteiger partial charge in [0.1, 0.15) is 11.5 Å². The number of rotatable bonds is 8. The minimum absolute atomic E-state index is 0.0302. The van der Waals surface area contributed by atoms with Crippen molar-refractivity contribution in [2.75, 3.05) is 20.5 Å². The highest BCUT2D eigenvalue weighted by Crippen LogP contribution is 2.55. The zero-order valence-electron chi connectivity index (χ0n) is 19.9. The lowest BCUT2D eigenvalue weighted by molar-refractivity contribution is -0.142. The Morgan fingerprint density at radius 3 is 2.44 bits per heavy atom. The molecule has 0 spiro atoms. The molecule has 0 saturated carbocycles. The second-order valence-electron chi connectivity index (χ2n) is 8.86. The topological polar surface area (TPSA) is 112 Å². The van der Waals surface area contributed by atoms with E-state index in [2.05, 4.69) is 0 Å². The van der Waals surface area contributed by atoms with Crippen molar-refractivity contribution in [2.45, 2.75) is 25.2 Å². The van der Waals surface area contributed by atoms with Gasteiger partial charge in [-0.3, -0.25) is 4.79 Å². The average molecular weight is 491 g/mol. The zero-order chi connectivity index (χ0) is 25.4. The minimum atomic E-state index is -1.31. The van der Waals surface area contributed by atoms with Crippen LogP contribution in [0.2, 0.25) is 0 Å². The van der Waals surface area contributed by atoms with E-state index < -0.39 is 23.3 Å². The molecule has 0 aromatic heterocycles. The van der Waals surface area contributed by atoms with Crippen molar-refractivity contribution in [2.24, 2.45) is 5.92 Å². The zero-order valence-corrected chi connectivity index (χ0v) is 19.9. The van der Waals surface area contributed by atoms with Crippen LogP contribution in [0.5, 0.6) is 23.0 Å². The third kappa shape index (κ3) is 3.61. The van der Waals surface area contributed by atoms with Gasteiger partial charge in [-0.15, -0.1) is 0 Å². The van der Waals surface area contributed by atoms with E-state index in [1.807, 2.05) is 25.1 Å². The van der Waals surface area contributed by atoms with Gasteiger partial charge in [0.2, 0.25) is 6.79 Å². The number of carbonyl (C=O) groups is 2. The smallest absolute Gasteiger partial charge is 0.336 e. The Morgan fingerprint density at radius 2 is 1.72 bits per heavy atom. The summed E-state index contributed by atoms with van der Waals surface area (Å²) >= 11 is 0. The van der Waals surface area contributed by atoms with Crippen molar-refractivity contribution < 1.29 is 38.7 Å². The maximum atomic E-state index is 12.9. The highest BCUT2D eigenvalue weighted by Gasteiger charge is 2.54. The molecule has 8 nitrogen and oxygen atoms in total. The maximum absolute atomic E-state index is 12.9. The number of carboxylic acids is 2. The Kier molecular flexibility index (Phi) is 5.96. The first kappa shape index (κ1) is 23.5. The van der Waals surface area contributed by atoms with Crippen LogP contribution in [0.15, 0.2) is 54.6 Å². The van der Waals surface area contributed by atoms with Gasteiger partial charge in [-0.25, -0.2) is 4.79 Å². The summed E-state index contributed by atoms with van der Waals surface area (Å²) in [4.78, 5) is 25.4. The van der Waals surface area contributed by atoms with Gasteiger partial charge in [-0.1, -0.05) is 25.1 Å². The lowest BCUT2D eigenvalue weighted by Crippen LogP contribution is -2.40. The normalized spacial score (nSPS) is 19.6. The number of carboxylic acid groups (broad SMARTS) is 2. The molecule has 0 amide bonds. The molecule has 1 aliphatic heterocycles. The molecule has 3 aromatic carbocycles. The van der Waals surface area contributed by atoms with Crippen LogP contribution in [0.4, 0.5) is 0 Å². The predicted molar refractivity (Wildman–Crippen MR) is 129 cm³/mol. The van der Waals surface area contributed by atoms with Crippen molar-refractivity contribution in [1.29, 1.82) is 0 Å². The second kappa shape index (κ2) is 9.11. The average Bonchev–Trinajstić information content (AvgIpc) is 3.49. The molecule has 2 unspecified atom stereocenters. The van der Waals surface area contributed by atoms with Gasteiger partial charge in [-0.2, -0.15) is 0 Å². The lowest BCUT2D eigenvalue weighted by Gasteiger charge is -2.37. The third-order valence-corrected chi connectivity index (χ3v) is 6.93. The molecule has 8 heteroatoms. The molecule has 2 aliphatic rings. The van der Waals surface area contributed by atoms with Crippen LogP contribution in [0.1, 0.15) is 46.0 Å². The number of aromatic carboxylic acids is 1. The van der Waals surface area contributed by atoms with Crippen LogP contribution >= 0.6 is 0 Å². The monoisotopic (exact) mass is 490 g/mol. The molecule has 186 valence electrons. The van der Waals surface area contributed by atoms with E-state index in [0.29, 0.717) is 46.3 Å². The minimum Gasteiger partial charge on any atom is -0.497 e. The van der Waals surface area contributed by atoms with Gasteiger partial charge in [0.05, 0.1) is 30.6 Å². The molecule has 0 radical (unpaired) electrons. The molecule has 0 saturated heterocycles. The van der Waals surface area contributed by atoms with Crippen LogP contribution in [0.3, 0.4) is 0 Å². The number of benzene rings is 3.